The highest BCUT2D eigenvalue weighted by atomic mass is 32.2. The molecule has 8 nitrogen and oxygen atoms in total. The van der Waals surface area contributed by atoms with E-state index >= 15 is 0 Å². The van der Waals surface area contributed by atoms with Gasteiger partial charge in [-0.05, 0) is 31.4 Å². The van der Waals surface area contributed by atoms with Gasteiger partial charge in [0.05, 0.1) is 9.82 Å². The largest absolute Gasteiger partial charge is 0.318 e. The molecule has 0 bridgehead atoms. The van der Waals surface area contributed by atoms with Crippen molar-refractivity contribution in [3.05, 3.63) is 27.8 Å². The fourth-order valence-electron chi connectivity index (χ4n) is 1.72. The third-order valence-corrected chi connectivity index (χ3v) is 4.50. The minimum absolute atomic E-state index is 0.0595. The number of hydrogen-bond acceptors (Lipinski definition) is 6. The van der Waals surface area contributed by atoms with Gasteiger partial charge in [-0.3, -0.25) is 16.0 Å². The standard InChI is InChI=1S/C10H14N4O4S/c1-6-4-8(12-11)9(14(15)16)5-10(6)19(17,18)13-7-2-3-7/h4-5,7,12-13H,2-3,11H2,1H3. The third kappa shape index (κ3) is 2.83. The minimum atomic E-state index is -3.73. The molecule has 9 heteroatoms. The van der Waals surface area contributed by atoms with Crippen LogP contribution >= 0.6 is 0 Å². The predicted octanol–water partition coefficient (Wildman–Crippen LogP) is 0.630. The number of nitrogens with one attached hydrogen (secondary N) is 2. The number of nitro groups is 1. The van der Waals surface area contributed by atoms with Crippen LogP contribution in [0.2, 0.25) is 0 Å². The quantitative estimate of drug-likeness (QED) is 0.414. The molecule has 104 valence electrons. The molecule has 1 aliphatic rings. The van der Waals surface area contributed by atoms with Crippen LogP contribution in [0.1, 0.15) is 18.4 Å². The van der Waals surface area contributed by atoms with E-state index in [0.29, 0.717) is 5.56 Å². The number of nitrogens with zero attached hydrogens (tertiary/aromatic N) is 1. The van der Waals surface area contributed by atoms with Crippen molar-refractivity contribution >= 4 is 21.4 Å². The molecular weight excluding hydrogens is 272 g/mol. The zero-order valence-corrected chi connectivity index (χ0v) is 11.0. The second-order valence-corrected chi connectivity index (χ2v) is 6.11. The Hall–Kier alpha value is -1.71. The first-order valence-electron chi connectivity index (χ1n) is 5.63. The van der Waals surface area contributed by atoms with E-state index in [1.807, 2.05) is 0 Å². The van der Waals surface area contributed by atoms with Crippen LogP contribution in [0.5, 0.6) is 0 Å². The van der Waals surface area contributed by atoms with E-state index in [0.717, 1.165) is 18.9 Å². The third-order valence-electron chi connectivity index (χ3n) is 2.83. The number of sulfonamides is 1. The number of benzene rings is 1. The first-order chi connectivity index (χ1) is 8.85. The van der Waals surface area contributed by atoms with Crippen molar-refractivity contribution in [3.63, 3.8) is 0 Å². The van der Waals surface area contributed by atoms with E-state index < -0.39 is 14.9 Å². The number of hydrogen-bond donors (Lipinski definition) is 3. The van der Waals surface area contributed by atoms with Crippen LogP contribution in [0.4, 0.5) is 11.4 Å². The van der Waals surface area contributed by atoms with E-state index in [4.69, 9.17) is 5.84 Å². The number of aryl methyl sites for hydroxylation is 1. The Morgan fingerprint density at radius 1 is 1.42 bits per heavy atom. The van der Waals surface area contributed by atoms with Crippen LogP contribution in [0.3, 0.4) is 0 Å². The topological polar surface area (TPSA) is 127 Å². The van der Waals surface area contributed by atoms with E-state index in [1.165, 1.54) is 6.07 Å². The molecule has 0 unspecified atom stereocenters. The lowest BCUT2D eigenvalue weighted by Crippen LogP contribution is -2.26. The Bertz CT molecular complexity index is 625. The van der Waals surface area contributed by atoms with Gasteiger partial charge in [0.2, 0.25) is 10.0 Å². The highest BCUT2D eigenvalue weighted by Crippen LogP contribution is 2.31. The first-order valence-corrected chi connectivity index (χ1v) is 7.11. The van der Waals surface area contributed by atoms with Gasteiger partial charge in [0.1, 0.15) is 5.69 Å². The van der Waals surface area contributed by atoms with Gasteiger partial charge >= 0.3 is 0 Å². The minimum Gasteiger partial charge on any atom is -0.318 e. The van der Waals surface area contributed by atoms with Crippen LogP contribution < -0.4 is 16.0 Å². The monoisotopic (exact) mass is 286 g/mol. The molecule has 0 aromatic heterocycles. The molecule has 4 N–H and O–H groups in total. The lowest BCUT2D eigenvalue weighted by molar-refractivity contribution is -0.384. The van der Waals surface area contributed by atoms with E-state index in [9.17, 15) is 18.5 Å². The maximum absolute atomic E-state index is 12.1. The molecule has 0 heterocycles. The van der Waals surface area contributed by atoms with Crippen molar-refractivity contribution < 1.29 is 13.3 Å². The number of rotatable bonds is 5. The zero-order chi connectivity index (χ0) is 14.2. The van der Waals surface area contributed by atoms with Crippen molar-refractivity contribution in [1.82, 2.24) is 4.72 Å². The summed E-state index contributed by atoms with van der Waals surface area (Å²) in [5.74, 6) is 5.19. The maximum Gasteiger partial charge on any atom is 0.295 e. The molecule has 0 radical (unpaired) electrons. The number of nitro benzene ring substituents is 1. The summed E-state index contributed by atoms with van der Waals surface area (Å²) in [7, 11) is -3.73. The van der Waals surface area contributed by atoms with Gasteiger partial charge in [-0.25, -0.2) is 13.1 Å². The fourth-order valence-corrected chi connectivity index (χ4v) is 3.27. The lowest BCUT2D eigenvalue weighted by atomic mass is 10.2. The number of anilines is 1. The average Bonchev–Trinajstić information content (AvgIpc) is 3.10. The Kier molecular flexibility index (Phi) is 3.43. The Morgan fingerprint density at radius 2 is 2.05 bits per heavy atom. The van der Waals surface area contributed by atoms with Crippen molar-refractivity contribution in [1.29, 1.82) is 0 Å². The summed E-state index contributed by atoms with van der Waals surface area (Å²) in [5.41, 5.74) is 2.29. The van der Waals surface area contributed by atoms with Gasteiger partial charge in [0.15, 0.2) is 0 Å². The van der Waals surface area contributed by atoms with E-state index in [-0.39, 0.29) is 22.3 Å². The Morgan fingerprint density at radius 3 is 2.53 bits per heavy atom. The van der Waals surface area contributed by atoms with Crippen LogP contribution in [0.15, 0.2) is 17.0 Å². The normalized spacial score (nSPS) is 15.3. The summed E-state index contributed by atoms with van der Waals surface area (Å²) in [5, 5.41) is 10.9. The molecule has 2 rings (SSSR count). The summed E-state index contributed by atoms with van der Waals surface area (Å²) in [4.78, 5) is 10.1. The molecular formula is C10H14N4O4S. The number of hydrazine groups is 1. The predicted molar refractivity (Wildman–Crippen MR) is 69.0 cm³/mol. The van der Waals surface area contributed by atoms with Gasteiger partial charge in [0, 0.05) is 12.1 Å². The molecule has 0 amide bonds. The molecule has 1 aromatic carbocycles. The van der Waals surface area contributed by atoms with Crippen molar-refractivity contribution in [2.24, 2.45) is 5.84 Å². The van der Waals surface area contributed by atoms with Crippen LogP contribution in [-0.2, 0) is 10.0 Å². The summed E-state index contributed by atoms with van der Waals surface area (Å²) in [6.45, 7) is 1.56. The summed E-state index contributed by atoms with van der Waals surface area (Å²) >= 11 is 0. The second kappa shape index (κ2) is 4.76. The van der Waals surface area contributed by atoms with Gasteiger partial charge in [0.25, 0.3) is 5.69 Å². The van der Waals surface area contributed by atoms with Crippen molar-refractivity contribution in [2.75, 3.05) is 5.43 Å². The lowest BCUT2D eigenvalue weighted by Gasteiger charge is -2.10. The van der Waals surface area contributed by atoms with Crippen LogP contribution in [-0.4, -0.2) is 19.4 Å². The smallest absolute Gasteiger partial charge is 0.295 e. The highest BCUT2D eigenvalue weighted by Gasteiger charge is 2.30. The summed E-state index contributed by atoms with van der Waals surface area (Å²) in [6.07, 6.45) is 1.59. The molecule has 0 saturated heterocycles. The summed E-state index contributed by atoms with van der Waals surface area (Å²) in [6, 6.07) is 2.31. The molecule has 0 atom stereocenters. The number of nitrogen functional groups attached to an aromatic ring is 1. The van der Waals surface area contributed by atoms with Gasteiger partial charge in [-0.2, -0.15) is 0 Å². The van der Waals surface area contributed by atoms with Crippen molar-refractivity contribution in [2.45, 2.75) is 30.7 Å². The fraction of sp³-hybridized carbons (Fsp3) is 0.400. The van der Waals surface area contributed by atoms with Crippen LogP contribution in [0, 0.1) is 17.0 Å². The number of nitrogens with two attached hydrogens (primary N) is 1. The first kappa shape index (κ1) is 13.7. The SMILES string of the molecule is Cc1cc(NN)c([N+](=O)[O-])cc1S(=O)(=O)NC1CC1. The molecule has 1 aromatic rings. The molecule has 0 spiro atoms. The molecule has 0 aliphatic heterocycles. The van der Waals surface area contributed by atoms with Gasteiger partial charge in [-0.15, -0.1) is 0 Å². The average molecular weight is 286 g/mol. The van der Waals surface area contributed by atoms with Gasteiger partial charge in [-0.1, -0.05) is 0 Å². The summed E-state index contributed by atoms with van der Waals surface area (Å²) < 4.78 is 26.7. The van der Waals surface area contributed by atoms with Crippen molar-refractivity contribution in [3.8, 4) is 0 Å². The zero-order valence-electron chi connectivity index (χ0n) is 10.2. The molecule has 19 heavy (non-hydrogen) atoms. The van der Waals surface area contributed by atoms with Gasteiger partial charge < -0.3 is 5.43 Å². The molecule has 1 fully saturated rings. The molecule has 1 saturated carbocycles. The maximum atomic E-state index is 12.1. The van der Waals surface area contributed by atoms with E-state index in [1.54, 1.807) is 6.92 Å². The Labute approximate surface area is 110 Å². The second-order valence-electron chi connectivity index (χ2n) is 4.43. The van der Waals surface area contributed by atoms with E-state index in [2.05, 4.69) is 10.1 Å². The highest BCUT2D eigenvalue weighted by molar-refractivity contribution is 7.89. The molecule has 1 aliphatic carbocycles. The Balaban J connectivity index is 2.50. The van der Waals surface area contributed by atoms with Crippen LogP contribution in [0.25, 0.3) is 0 Å².